The molecule has 0 aromatic carbocycles. The highest BCUT2D eigenvalue weighted by atomic mass is 16.5. The third kappa shape index (κ3) is 6.75. The Labute approximate surface area is 101 Å². The molecule has 2 N–H and O–H groups in total. The van der Waals surface area contributed by atoms with Crippen molar-refractivity contribution in [2.24, 2.45) is 0 Å². The predicted molar refractivity (Wildman–Crippen MR) is 61.0 cm³/mol. The second-order valence-corrected chi connectivity index (χ2v) is 3.54. The molecule has 2 amide bonds. The fourth-order valence-corrected chi connectivity index (χ4v) is 1.30. The van der Waals surface area contributed by atoms with Gasteiger partial charge in [-0.15, -0.1) is 0 Å². The van der Waals surface area contributed by atoms with Crippen LogP contribution in [-0.2, 0) is 14.3 Å². The normalized spacial score (nSPS) is 11.9. The van der Waals surface area contributed by atoms with E-state index in [1.165, 1.54) is 12.0 Å². The first-order chi connectivity index (χ1) is 8.02. The summed E-state index contributed by atoms with van der Waals surface area (Å²) in [6.45, 7) is 2.56. The lowest BCUT2D eigenvalue weighted by Crippen LogP contribution is -2.49. The number of carbonyl (C=O) groups excluding carboxylic acids is 1. The molecular weight excluding hydrogens is 228 g/mol. The summed E-state index contributed by atoms with van der Waals surface area (Å²) < 4.78 is 9.86. The molecule has 0 heterocycles. The van der Waals surface area contributed by atoms with Crippen LogP contribution in [-0.4, -0.2) is 68.6 Å². The van der Waals surface area contributed by atoms with Gasteiger partial charge in [0.15, 0.2) is 0 Å². The number of ether oxygens (including phenoxy) is 2. The number of carboxylic acid groups (broad SMARTS) is 1. The first-order valence-electron chi connectivity index (χ1n) is 5.27. The largest absolute Gasteiger partial charge is 0.480 e. The Bertz CT molecular complexity index is 247. The molecule has 0 fully saturated rings. The van der Waals surface area contributed by atoms with Crippen LogP contribution in [0.1, 0.15) is 6.92 Å². The zero-order valence-corrected chi connectivity index (χ0v) is 10.4. The molecular formula is C10H20N2O5. The molecule has 0 bridgehead atoms. The molecule has 7 heteroatoms. The van der Waals surface area contributed by atoms with Gasteiger partial charge in [0.05, 0.1) is 19.3 Å². The molecule has 1 unspecified atom stereocenters. The van der Waals surface area contributed by atoms with Gasteiger partial charge in [0.1, 0.15) is 6.54 Å². The number of carbonyl (C=O) groups is 2. The van der Waals surface area contributed by atoms with Crippen LogP contribution in [0.15, 0.2) is 0 Å². The lowest BCUT2D eigenvalue weighted by atomic mass is 10.3. The molecule has 0 saturated heterocycles. The van der Waals surface area contributed by atoms with E-state index in [0.29, 0.717) is 19.8 Å². The van der Waals surface area contributed by atoms with E-state index in [0.717, 1.165) is 0 Å². The second-order valence-electron chi connectivity index (χ2n) is 3.54. The maximum Gasteiger partial charge on any atom is 0.323 e. The molecule has 1 atom stereocenters. The number of urea groups is 1. The summed E-state index contributed by atoms with van der Waals surface area (Å²) in [5.41, 5.74) is 0. The number of aliphatic carboxylic acids is 1. The summed E-state index contributed by atoms with van der Waals surface area (Å²) in [6.07, 6.45) is 0. The van der Waals surface area contributed by atoms with Crippen molar-refractivity contribution in [3.8, 4) is 0 Å². The SMILES string of the molecule is COCCN(C(=O)NCC(=O)O)C(C)COC. The molecule has 0 saturated carbocycles. The summed E-state index contributed by atoms with van der Waals surface area (Å²) in [5.74, 6) is -1.08. The lowest BCUT2D eigenvalue weighted by molar-refractivity contribution is -0.135. The molecule has 100 valence electrons. The molecule has 0 rings (SSSR count). The Balaban J connectivity index is 4.32. The van der Waals surface area contributed by atoms with Crippen LogP contribution >= 0.6 is 0 Å². The van der Waals surface area contributed by atoms with Gasteiger partial charge in [-0.3, -0.25) is 4.79 Å². The van der Waals surface area contributed by atoms with Crippen molar-refractivity contribution in [2.45, 2.75) is 13.0 Å². The highest BCUT2D eigenvalue weighted by Gasteiger charge is 2.19. The van der Waals surface area contributed by atoms with Gasteiger partial charge >= 0.3 is 12.0 Å². The van der Waals surface area contributed by atoms with Crippen LogP contribution in [0, 0.1) is 0 Å². The highest BCUT2D eigenvalue weighted by molar-refractivity contribution is 5.80. The van der Waals surface area contributed by atoms with E-state index < -0.39 is 18.5 Å². The van der Waals surface area contributed by atoms with Crippen molar-refractivity contribution in [3.63, 3.8) is 0 Å². The minimum absolute atomic E-state index is 0.149. The molecule has 17 heavy (non-hydrogen) atoms. The van der Waals surface area contributed by atoms with E-state index in [2.05, 4.69) is 5.32 Å². The highest BCUT2D eigenvalue weighted by Crippen LogP contribution is 2.00. The third-order valence-corrected chi connectivity index (χ3v) is 2.13. The van der Waals surface area contributed by atoms with Crippen molar-refractivity contribution in [1.82, 2.24) is 10.2 Å². The molecule has 0 aliphatic carbocycles. The average molecular weight is 248 g/mol. The number of methoxy groups -OCH3 is 2. The maximum absolute atomic E-state index is 11.7. The monoisotopic (exact) mass is 248 g/mol. The lowest BCUT2D eigenvalue weighted by Gasteiger charge is -2.28. The molecule has 0 aromatic rings. The van der Waals surface area contributed by atoms with Crippen LogP contribution in [0.25, 0.3) is 0 Å². The van der Waals surface area contributed by atoms with E-state index in [1.54, 1.807) is 7.11 Å². The first kappa shape index (κ1) is 15.7. The predicted octanol–water partition coefficient (Wildman–Crippen LogP) is -0.236. The van der Waals surface area contributed by atoms with Crippen LogP contribution < -0.4 is 5.32 Å². The van der Waals surface area contributed by atoms with Crippen molar-refractivity contribution < 1.29 is 24.2 Å². The third-order valence-electron chi connectivity index (χ3n) is 2.13. The number of carboxylic acids is 1. The van der Waals surface area contributed by atoms with Crippen LogP contribution in [0.2, 0.25) is 0 Å². The van der Waals surface area contributed by atoms with Gasteiger partial charge in [-0.05, 0) is 6.92 Å². The van der Waals surface area contributed by atoms with Crippen LogP contribution in [0.4, 0.5) is 4.79 Å². The number of hydrogen-bond donors (Lipinski definition) is 2. The van der Waals surface area contributed by atoms with Crippen molar-refractivity contribution in [3.05, 3.63) is 0 Å². The molecule has 0 radical (unpaired) electrons. The van der Waals surface area contributed by atoms with Gasteiger partial charge in [0.2, 0.25) is 0 Å². The van der Waals surface area contributed by atoms with Crippen LogP contribution in [0.3, 0.4) is 0 Å². The van der Waals surface area contributed by atoms with E-state index in [4.69, 9.17) is 14.6 Å². The van der Waals surface area contributed by atoms with E-state index in [9.17, 15) is 9.59 Å². The van der Waals surface area contributed by atoms with Gasteiger partial charge in [-0.2, -0.15) is 0 Å². The van der Waals surface area contributed by atoms with Crippen molar-refractivity contribution in [1.29, 1.82) is 0 Å². The number of rotatable bonds is 8. The van der Waals surface area contributed by atoms with Crippen LogP contribution in [0.5, 0.6) is 0 Å². The zero-order valence-electron chi connectivity index (χ0n) is 10.4. The Morgan fingerprint density at radius 3 is 2.47 bits per heavy atom. The number of amides is 2. The second kappa shape index (κ2) is 8.77. The number of nitrogens with zero attached hydrogens (tertiary/aromatic N) is 1. The fraction of sp³-hybridized carbons (Fsp3) is 0.800. The van der Waals surface area contributed by atoms with Gasteiger partial charge in [-0.1, -0.05) is 0 Å². The standard InChI is InChI=1S/C10H20N2O5/c1-8(7-17-3)12(4-5-16-2)10(15)11-6-9(13)14/h8H,4-7H2,1-3H3,(H,11,15)(H,13,14). The first-order valence-corrected chi connectivity index (χ1v) is 5.27. The maximum atomic E-state index is 11.7. The Morgan fingerprint density at radius 1 is 1.35 bits per heavy atom. The van der Waals surface area contributed by atoms with E-state index in [-0.39, 0.29) is 6.04 Å². The summed E-state index contributed by atoms with van der Waals surface area (Å²) in [5, 5.41) is 10.8. The van der Waals surface area contributed by atoms with Gasteiger partial charge in [0.25, 0.3) is 0 Å². The van der Waals surface area contributed by atoms with Gasteiger partial charge in [-0.25, -0.2) is 4.79 Å². The van der Waals surface area contributed by atoms with Crippen molar-refractivity contribution >= 4 is 12.0 Å². The smallest absolute Gasteiger partial charge is 0.323 e. The quantitative estimate of drug-likeness (QED) is 0.619. The molecule has 0 aliphatic heterocycles. The van der Waals surface area contributed by atoms with Gasteiger partial charge < -0.3 is 24.8 Å². The molecule has 0 aromatic heterocycles. The topological polar surface area (TPSA) is 88.1 Å². The van der Waals surface area contributed by atoms with Crippen molar-refractivity contribution in [2.75, 3.05) is 40.5 Å². The average Bonchev–Trinajstić information content (AvgIpc) is 2.27. The van der Waals surface area contributed by atoms with E-state index in [1.807, 2.05) is 6.92 Å². The number of hydrogen-bond acceptors (Lipinski definition) is 4. The molecule has 7 nitrogen and oxygen atoms in total. The minimum Gasteiger partial charge on any atom is -0.480 e. The number of nitrogens with one attached hydrogen (secondary N) is 1. The zero-order chi connectivity index (χ0) is 13.3. The summed E-state index contributed by atoms with van der Waals surface area (Å²) in [7, 11) is 3.08. The minimum atomic E-state index is -1.08. The fourth-order valence-electron chi connectivity index (χ4n) is 1.30. The summed E-state index contributed by atoms with van der Waals surface area (Å²) in [4.78, 5) is 23.5. The van der Waals surface area contributed by atoms with E-state index >= 15 is 0 Å². The Morgan fingerprint density at radius 2 is 2.00 bits per heavy atom. The summed E-state index contributed by atoms with van der Waals surface area (Å²) >= 11 is 0. The molecule has 0 spiro atoms. The molecule has 0 aliphatic rings. The Kier molecular flexibility index (Phi) is 8.08. The van der Waals surface area contributed by atoms with Gasteiger partial charge in [0, 0.05) is 20.8 Å². The Hall–Kier alpha value is -1.34. The summed E-state index contributed by atoms with van der Waals surface area (Å²) in [6, 6.07) is -0.585.